The van der Waals surface area contributed by atoms with Gasteiger partial charge in [0.05, 0.1) is 0 Å². The van der Waals surface area contributed by atoms with E-state index in [1.807, 2.05) is 13.8 Å². The van der Waals surface area contributed by atoms with Crippen molar-refractivity contribution in [1.29, 1.82) is 0 Å². The van der Waals surface area contributed by atoms with Gasteiger partial charge >= 0.3 is 0 Å². The first kappa shape index (κ1) is 9.04. The van der Waals surface area contributed by atoms with Crippen LogP contribution in [-0.4, -0.2) is 21.1 Å². The highest BCUT2D eigenvalue weighted by Gasteiger charge is 2.05. The summed E-state index contributed by atoms with van der Waals surface area (Å²) in [5.41, 5.74) is 0. The van der Waals surface area contributed by atoms with Gasteiger partial charge < -0.3 is 4.43 Å². The van der Waals surface area contributed by atoms with E-state index in [1.165, 1.54) is 0 Å². The zero-order valence-electron chi connectivity index (χ0n) is 5.76. The van der Waals surface area contributed by atoms with Crippen LogP contribution in [0, 0.1) is 5.92 Å². The van der Waals surface area contributed by atoms with Gasteiger partial charge in [-0.25, -0.2) is 0 Å². The molecule has 0 unspecified atom stereocenters. The fraction of sp³-hybridized carbons (Fsp3) is 0.800. The molecular weight excluding hydrogens is 152 g/mol. The maximum Gasteiger partial charge on any atom is 0.294 e. The molecule has 0 heterocycles. The Morgan fingerprint density at radius 3 is 2.67 bits per heavy atom. The van der Waals surface area contributed by atoms with Crippen LogP contribution in [0.5, 0.6) is 0 Å². The second-order valence-corrected chi connectivity index (χ2v) is 4.53. The molecule has 0 radical (unpaired) electrons. The number of hydrogen-bond donors (Lipinski definition) is 1. The van der Waals surface area contributed by atoms with Crippen molar-refractivity contribution in [2.75, 3.05) is 5.38 Å². The number of rotatable bonds is 3. The molecule has 2 nitrogen and oxygen atoms in total. The molecule has 0 amide bonds. The van der Waals surface area contributed by atoms with E-state index >= 15 is 0 Å². The fourth-order valence-electron chi connectivity index (χ4n) is 0.313. The van der Waals surface area contributed by atoms with E-state index in [0.29, 0.717) is 0 Å². The number of carbonyl (C=O) groups excluding carboxylic acids is 1. The molecule has 0 saturated carbocycles. The molecule has 0 bridgehead atoms. The van der Waals surface area contributed by atoms with E-state index < -0.39 is 9.76 Å². The Labute approximate surface area is 63.3 Å². The highest BCUT2D eigenvalue weighted by atomic mass is 32.1. The Balaban J connectivity index is 3.28. The molecule has 0 N–H and O–H groups in total. The molecule has 0 atom stereocenters. The minimum Gasteiger partial charge on any atom is -0.524 e. The largest absolute Gasteiger partial charge is 0.524 e. The highest BCUT2D eigenvalue weighted by molar-refractivity contribution is 7.81. The predicted molar refractivity (Wildman–Crippen MR) is 43.3 cm³/mol. The maximum atomic E-state index is 10.7. The van der Waals surface area contributed by atoms with Crippen LogP contribution in [0.25, 0.3) is 0 Å². The van der Waals surface area contributed by atoms with Crippen molar-refractivity contribution >= 4 is 28.4 Å². The van der Waals surface area contributed by atoms with Crippen LogP contribution in [0.4, 0.5) is 0 Å². The van der Waals surface area contributed by atoms with Crippen LogP contribution < -0.4 is 0 Å². The SMILES string of the molecule is CC(C)C(=O)O[SiH2]CS. The van der Waals surface area contributed by atoms with Crippen LogP contribution >= 0.6 is 12.6 Å². The van der Waals surface area contributed by atoms with Gasteiger partial charge in [0.1, 0.15) is 0 Å². The van der Waals surface area contributed by atoms with Crippen molar-refractivity contribution in [3.63, 3.8) is 0 Å². The van der Waals surface area contributed by atoms with Gasteiger partial charge in [-0.1, -0.05) is 13.8 Å². The zero-order valence-corrected chi connectivity index (χ0v) is 8.06. The molecule has 9 heavy (non-hydrogen) atoms. The van der Waals surface area contributed by atoms with Crippen molar-refractivity contribution in [1.82, 2.24) is 0 Å². The second-order valence-electron chi connectivity index (χ2n) is 2.05. The molecular formula is C5H12O2SSi. The first-order valence-corrected chi connectivity index (χ1v) is 5.17. The number of thiol groups is 1. The summed E-state index contributed by atoms with van der Waals surface area (Å²) >= 11 is 3.95. The molecule has 0 aliphatic heterocycles. The topological polar surface area (TPSA) is 26.3 Å². The number of carbonyl (C=O) groups is 1. The summed E-state index contributed by atoms with van der Waals surface area (Å²) < 4.78 is 4.88. The third-order valence-electron chi connectivity index (χ3n) is 0.807. The normalized spacial score (nSPS) is 11.1. The summed E-state index contributed by atoms with van der Waals surface area (Å²) in [5.74, 6) is -0.0758. The fourth-order valence-corrected chi connectivity index (χ4v) is 1.21. The number of hydrogen-bond acceptors (Lipinski definition) is 3. The van der Waals surface area contributed by atoms with E-state index in [-0.39, 0.29) is 11.9 Å². The van der Waals surface area contributed by atoms with Crippen LogP contribution in [0.15, 0.2) is 0 Å². The summed E-state index contributed by atoms with van der Waals surface area (Å²) in [7, 11) is -0.654. The van der Waals surface area contributed by atoms with Gasteiger partial charge in [0, 0.05) is 11.3 Å². The summed E-state index contributed by atoms with van der Waals surface area (Å²) in [4.78, 5) is 10.7. The average molecular weight is 164 g/mol. The van der Waals surface area contributed by atoms with Crippen molar-refractivity contribution in [2.45, 2.75) is 13.8 Å². The lowest BCUT2D eigenvalue weighted by Gasteiger charge is -2.04. The quantitative estimate of drug-likeness (QED) is 0.475. The third kappa shape index (κ3) is 4.53. The van der Waals surface area contributed by atoms with Crippen molar-refractivity contribution in [3.05, 3.63) is 0 Å². The minimum atomic E-state index is -0.654. The lowest BCUT2D eigenvalue weighted by atomic mass is 10.2. The Hall–Kier alpha value is 0.0369. The van der Waals surface area contributed by atoms with E-state index in [2.05, 4.69) is 12.6 Å². The van der Waals surface area contributed by atoms with Gasteiger partial charge in [0.25, 0.3) is 5.97 Å². The Bertz CT molecular complexity index is 95.0. The lowest BCUT2D eigenvalue weighted by Crippen LogP contribution is -2.15. The second kappa shape index (κ2) is 4.87. The molecule has 0 aromatic carbocycles. The van der Waals surface area contributed by atoms with Crippen molar-refractivity contribution in [3.8, 4) is 0 Å². The van der Waals surface area contributed by atoms with Gasteiger partial charge in [-0.05, 0) is 0 Å². The highest BCUT2D eigenvalue weighted by Crippen LogP contribution is 1.93. The molecule has 0 aromatic heterocycles. The van der Waals surface area contributed by atoms with Gasteiger partial charge in [0.2, 0.25) is 9.76 Å². The monoisotopic (exact) mass is 164 g/mol. The summed E-state index contributed by atoms with van der Waals surface area (Å²) in [6.07, 6.45) is 0. The summed E-state index contributed by atoms with van der Waals surface area (Å²) in [6, 6.07) is 0. The van der Waals surface area contributed by atoms with Gasteiger partial charge in [-0.2, -0.15) is 12.6 Å². The molecule has 0 aliphatic carbocycles. The third-order valence-corrected chi connectivity index (χ3v) is 2.03. The Morgan fingerprint density at radius 2 is 2.33 bits per heavy atom. The van der Waals surface area contributed by atoms with Crippen molar-refractivity contribution in [2.24, 2.45) is 5.92 Å². The van der Waals surface area contributed by atoms with E-state index in [9.17, 15) is 4.79 Å². The van der Waals surface area contributed by atoms with Crippen LogP contribution in [0.2, 0.25) is 0 Å². The molecule has 0 rings (SSSR count). The van der Waals surface area contributed by atoms with Gasteiger partial charge in [-0.3, -0.25) is 4.79 Å². The van der Waals surface area contributed by atoms with Crippen LogP contribution in [-0.2, 0) is 9.22 Å². The lowest BCUT2D eigenvalue weighted by molar-refractivity contribution is -0.137. The molecule has 0 aliphatic rings. The van der Waals surface area contributed by atoms with Crippen LogP contribution in [0.1, 0.15) is 13.8 Å². The molecule has 0 spiro atoms. The predicted octanol–water partition coefficient (Wildman–Crippen LogP) is 0.157. The minimum absolute atomic E-state index is 0.0115. The standard InChI is InChI=1S/C5H12O2SSi/c1-4(2)5(6)7-9-3-8/h4,8H,3,9H2,1-2H3. The smallest absolute Gasteiger partial charge is 0.294 e. The van der Waals surface area contributed by atoms with E-state index in [1.54, 1.807) is 0 Å². The zero-order chi connectivity index (χ0) is 7.28. The molecule has 0 saturated heterocycles. The maximum absolute atomic E-state index is 10.7. The van der Waals surface area contributed by atoms with E-state index in [0.717, 1.165) is 5.38 Å². The van der Waals surface area contributed by atoms with Crippen molar-refractivity contribution < 1.29 is 9.22 Å². The summed E-state index contributed by atoms with van der Waals surface area (Å²) in [6.45, 7) is 3.66. The first-order chi connectivity index (χ1) is 4.18. The molecule has 54 valence electrons. The molecule has 0 aromatic rings. The molecule has 4 heteroatoms. The summed E-state index contributed by atoms with van der Waals surface area (Å²) in [5, 5.41) is 0.735. The first-order valence-electron chi connectivity index (χ1n) is 2.96. The molecule has 0 fully saturated rings. The average Bonchev–Trinajstić information content (AvgIpc) is 1.82. The Morgan fingerprint density at radius 1 is 1.78 bits per heavy atom. The van der Waals surface area contributed by atoms with Crippen LogP contribution in [0.3, 0.4) is 0 Å². The van der Waals surface area contributed by atoms with E-state index in [4.69, 9.17) is 4.43 Å². The van der Waals surface area contributed by atoms with Gasteiger partial charge in [0.15, 0.2) is 0 Å². The van der Waals surface area contributed by atoms with Gasteiger partial charge in [-0.15, -0.1) is 0 Å². The Kier molecular flexibility index (Phi) is 4.89.